The van der Waals surface area contributed by atoms with Gasteiger partial charge in [-0.3, -0.25) is 0 Å². The van der Waals surface area contributed by atoms with Gasteiger partial charge in [0.15, 0.2) is 0 Å². The Balaban J connectivity index is 2.20. The molecule has 1 atom stereocenters. The summed E-state index contributed by atoms with van der Waals surface area (Å²) in [6, 6.07) is 17.0. The van der Waals surface area contributed by atoms with Crippen molar-refractivity contribution in [2.45, 2.75) is 19.4 Å². The monoisotopic (exact) mass is 333 g/mol. The van der Waals surface area contributed by atoms with E-state index >= 15 is 0 Å². The van der Waals surface area contributed by atoms with Crippen molar-refractivity contribution in [1.82, 2.24) is 5.32 Å². The van der Waals surface area contributed by atoms with Crippen LogP contribution in [-0.4, -0.2) is 13.7 Å². The number of hydrogen-bond donors (Lipinski definition) is 1. The molecular formula is C17H20BrNO. The lowest BCUT2D eigenvalue weighted by atomic mass is 9.98. The molecule has 0 fully saturated rings. The van der Waals surface area contributed by atoms with Crippen LogP contribution in [0.3, 0.4) is 0 Å². The molecule has 0 aliphatic carbocycles. The lowest BCUT2D eigenvalue weighted by Crippen LogP contribution is -2.22. The van der Waals surface area contributed by atoms with Crippen LogP contribution < -0.4 is 10.1 Å². The van der Waals surface area contributed by atoms with E-state index in [1.807, 2.05) is 12.1 Å². The summed E-state index contributed by atoms with van der Waals surface area (Å²) in [6.07, 6.45) is 0.946. The standard InChI is InChI=1S/C17H20BrNO/c1-3-19-17(14-7-5-8-15(18)12-14)11-13-6-4-9-16(10-13)20-2/h4-10,12,17,19H,3,11H2,1-2H3. The minimum Gasteiger partial charge on any atom is -0.497 e. The van der Waals surface area contributed by atoms with Gasteiger partial charge in [0.25, 0.3) is 0 Å². The number of benzene rings is 2. The SMILES string of the molecule is CCNC(Cc1cccc(OC)c1)c1cccc(Br)c1. The molecule has 0 bridgehead atoms. The third-order valence-electron chi connectivity index (χ3n) is 3.28. The zero-order valence-corrected chi connectivity index (χ0v) is 13.5. The fourth-order valence-corrected chi connectivity index (χ4v) is 2.73. The first-order valence-corrected chi connectivity index (χ1v) is 7.64. The summed E-state index contributed by atoms with van der Waals surface area (Å²) in [5.41, 5.74) is 2.57. The maximum Gasteiger partial charge on any atom is 0.119 e. The van der Waals surface area contributed by atoms with Crippen molar-refractivity contribution in [1.29, 1.82) is 0 Å². The summed E-state index contributed by atoms with van der Waals surface area (Å²) in [6.45, 7) is 3.08. The quantitative estimate of drug-likeness (QED) is 0.848. The third kappa shape index (κ3) is 4.09. The van der Waals surface area contributed by atoms with Crippen LogP contribution in [0, 0.1) is 0 Å². The highest BCUT2D eigenvalue weighted by Gasteiger charge is 2.11. The molecule has 1 unspecified atom stereocenters. The molecule has 3 heteroatoms. The van der Waals surface area contributed by atoms with E-state index in [-0.39, 0.29) is 0 Å². The zero-order valence-electron chi connectivity index (χ0n) is 11.9. The number of ether oxygens (including phenoxy) is 1. The molecule has 0 aliphatic heterocycles. The van der Waals surface area contributed by atoms with Crippen LogP contribution in [0.25, 0.3) is 0 Å². The van der Waals surface area contributed by atoms with Gasteiger partial charge in [0, 0.05) is 10.5 Å². The number of likely N-dealkylation sites (N-methyl/N-ethyl adjacent to an activating group) is 1. The molecule has 1 N–H and O–H groups in total. The molecular weight excluding hydrogens is 314 g/mol. The second kappa shape index (κ2) is 7.46. The largest absolute Gasteiger partial charge is 0.497 e. The van der Waals surface area contributed by atoms with E-state index in [1.165, 1.54) is 11.1 Å². The van der Waals surface area contributed by atoms with Gasteiger partial charge in [0.05, 0.1) is 7.11 Å². The van der Waals surface area contributed by atoms with Gasteiger partial charge in [0.2, 0.25) is 0 Å². The van der Waals surface area contributed by atoms with Gasteiger partial charge >= 0.3 is 0 Å². The Morgan fingerprint density at radius 3 is 2.65 bits per heavy atom. The highest BCUT2D eigenvalue weighted by Crippen LogP contribution is 2.23. The van der Waals surface area contributed by atoms with E-state index in [1.54, 1.807) is 7.11 Å². The molecule has 0 aromatic heterocycles. The average molecular weight is 334 g/mol. The molecule has 0 aliphatic rings. The van der Waals surface area contributed by atoms with Crippen molar-refractivity contribution in [3.63, 3.8) is 0 Å². The van der Waals surface area contributed by atoms with E-state index < -0.39 is 0 Å². The van der Waals surface area contributed by atoms with Crippen LogP contribution in [0.4, 0.5) is 0 Å². The predicted octanol–water partition coefficient (Wildman–Crippen LogP) is 4.35. The van der Waals surface area contributed by atoms with Crippen molar-refractivity contribution in [2.75, 3.05) is 13.7 Å². The Morgan fingerprint density at radius 1 is 1.15 bits per heavy atom. The average Bonchev–Trinajstić information content (AvgIpc) is 2.47. The van der Waals surface area contributed by atoms with Crippen molar-refractivity contribution in [3.8, 4) is 5.75 Å². The van der Waals surface area contributed by atoms with Crippen LogP contribution in [-0.2, 0) is 6.42 Å². The molecule has 2 nitrogen and oxygen atoms in total. The second-order valence-electron chi connectivity index (χ2n) is 4.72. The van der Waals surface area contributed by atoms with Gasteiger partial charge < -0.3 is 10.1 Å². The maximum absolute atomic E-state index is 5.29. The van der Waals surface area contributed by atoms with Crippen molar-refractivity contribution < 1.29 is 4.74 Å². The summed E-state index contributed by atoms with van der Waals surface area (Å²) < 4.78 is 6.41. The first kappa shape index (κ1) is 15.1. The fraction of sp³-hybridized carbons (Fsp3) is 0.294. The predicted molar refractivity (Wildman–Crippen MR) is 87.3 cm³/mol. The van der Waals surface area contributed by atoms with Gasteiger partial charge in [-0.15, -0.1) is 0 Å². The summed E-state index contributed by atoms with van der Waals surface area (Å²) in [5, 5.41) is 3.55. The minimum absolute atomic E-state index is 0.310. The Morgan fingerprint density at radius 2 is 1.95 bits per heavy atom. The van der Waals surface area contributed by atoms with Crippen LogP contribution in [0.15, 0.2) is 53.0 Å². The van der Waals surface area contributed by atoms with Crippen LogP contribution in [0.2, 0.25) is 0 Å². The first-order valence-electron chi connectivity index (χ1n) is 6.84. The molecule has 2 rings (SSSR count). The van der Waals surface area contributed by atoms with Gasteiger partial charge in [-0.05, 0) is 48.4 Å². The Labute approximate surface area is 129 Å². The van der Waals surface area contributed by atoms with E-state index in [0.29, 0.717) is 6.04 Å². The Hall–Kier alpha value is -1.32. The van der Waals surface area contributed by atoms with Crippen LogP contribution in [0.1, 0.15) is 24.1 Å². The fourth-order valence-electron chi connectivity index (χ4n) is 2.31. The molecule has 0 saturated heterocycles. The van der Waals surface area contributed by atoms with E-state index in [0.717, 1.165) is 23.2 Å². The Kier molecular flexibility index (Phi) is 5.62. The van der Waals surface area contributed by atoms with E-state index in [9.17, 15) is 0 Å². The maximum atomic E-state index is 5.29. The van der Waals surface area contributed by atoms with E-state index in [2.05, 4.69) is 64.6 Å². The topological polar surface area (TPSA) is 21.3 Å². The van der Waals surface area contributed by atoms with Gasteiger partial charge in [-0.2, -0.15) is 0 Å². The number of halogens is 1. The first-order chi connectivity index (χ1) is 9.72. The second-order valence-corrected chi connectivity index (χ2v) is 5.64. The molecule has 0 spiro atoms. The zero-order chi connectivity index (χ0) is 14.4. The van der Waals surface area contributed by atoms with Crippen molar-refractivity contribution in [2.24, 2.45) is 0 Å². The van der Waals surface area contributed by atoms with Gasteiger partial charge in [0.1, 0.15) is 5.75 Å². The minimum atomic E-state index is 0.310. The molecule has 20 heavy (non-hydrogen) atoms. The summed E-state index contributed by atoms with van der Waals surface area (Å²) in [5.74, 6) is 0.909. The molecule has 2 aromatic carbocycles. The molecule has 0 heterocycles. The number of nitrogens with one attached hydrogen (secondary N) is 1. The summed E-state index contributed by atoms with van der Waals surface area (Å²) >= 11 is 3.54. The lowest BCUT2D eigenvalue weighted by molar-refractivity contribution is 0.414. The summed E-state index contributed by atoms with van der Waals surface area (Å²) in [4.78, 5) is 0. The van der Waals surface area contributed by atoms with Crippen LogP contribution in [0.5, 0.6) is 5.75 Å². The molecule has 0 amide bonds. The normalized spacial score (nSPS) is 12.2. The number of methoxy groups -OCH3 is 1. The number of rotatable bonds is 6. The van der Waals surface area contributed by atoms with Crippen LogP contribution >= 0.6 is 15.9 Å². The molecule has 2 aromatic rings. The molecule has 0 saturated carbocycles. The third-order valence-corrected chi connectivity index (χ3v) is 3.77. The number of hydrogen-bond acceptors (Lipinski definition) is 2. The lowest BCUT2D eigenvalue weighted by Gasteiger charge is -2.19. The van der Waals surface area contributed by atoms with Crippen molar-refractivity contribution in [3.05, 3.63) is 64.1 Å². The smallest absolute Gasteiger partial charge is 0.119 e. The molecule has 106 valence electrons. The summed E-state index contributed by atoms with van der Waals surface area (Å²) in [7, 11) is 1.70. The van der Waals surface area contributed by atoms with Crippen molar-refractivity contribution >= 4 is 15.9 Å². The highest BCUT2D eigenvalue weighted by molar-refractivity contribution is 9.10. The van der Waals surface area contributed by atoms with Gasteiger partial charge in [-0.25, -0.2) is 0 Å². The molecule has 0 radical (unpaired) electrons. The van der Waals surface area contributed by atoms with E-state index in [4.69, 9.17) is 4.74 Å². The Bertz CT molecular complexity index is 556. The highest BCUT2D eigenvalue weighted by atomic mass is 79.9. The van der Waals surface area contributed by atoms with Gasteiger partial charge in [-0.1, -0.05) is 47.1 Å².